The van der Waals surface area contributed by atoms with Gasteiger partial charge in [-0.25, -0.2) is 4.39 Å². The number of hydrogen-bond donors (Lipinski definition) is 2. The first kappa shape index (κ1) is 18.6. The van der Waals surface area contributed by atoms with E-state index in [1.807, 2.05) is 43.1 Å². The van der Waals surface area contributed by atoms with Crippen LogP contribution in [0.1, 0.15) is 28.4 Å². The van der Waals surface area contributed by atoms with Crippen LogP contribution >= 0.6 is 0 Å². The van der Waals surface area contributed by atoms with E-state index in [4.69, 9.17) is 0 Å². The first-order valence-electron chi connectivity index (χ1n) is 7.98. The van der Waals surface area contributed by atoms with Crippen molar-refractivity contribution in [2.75, 3.05) is 7.05 Å². The van der Waals surface area contributed by atoms with Crippen molar-refractivity contribution in [2.45, 2.75) is 26.4 Å². The molecule has 1 atom stereocenters. The molecule has 2 aromatic carbocycles. The highest BCUT2D eigenvalue weighted by Crippen LogP contribution is 2.08. The fraction of sp³-hybridized carbons (Fsp3) is 0.263. The third-order valence-corrected chi connectivity index (χ3v) is 4.00. The molecule has 0 aliphatic heterocycles. The summed E-state index contributed by atoms with van der Waals surface area (Å²) in [7, 11) is 1.84. The summed E-state index contributed by atoms with van der Waals surface area (Å²) in [5.74, 6) is -1.25. The Morgan fingerprint density at radius 1 is 1.04 bits per heavy atom. The van der Waals surface area contributed by atoms with Gasteiger partial charge in [-0.3, -0.25) is 25.3 Å². The van der Waals surface area contributed by atoms with Crippen LogP contribution in [0.3, 0.4) is 0 Å². The van der Waals surface area contributed by atoms with E-state index in [2.05, 4.69) is 10.9 Å². The minimum Gasteiger partial charge on any atom is -0.291 e. The maximum absolute atomic E-state index is 12.9. The smallest absolute Gasteiger partial charge is 0.269 e. The van der Waals surface area contributed by atoms with Crippen LogP contribution in [0.4, 0.5) is 4.39 Å². The molecule has 5 nitrogen and oxygen atoms in total. The van der Waals surface area contributed by atoms with Crippen LogP contribution in [0.25, 0.3) is 0 Å². The Kier molecular flexibility index (Phi) is 6.25. The molecule has 0 radical (unpaired) electrons. The Bertz CT molecular complexity index is 729. The zero-order chi connectivity index (χ0) is 18.4. The number of benzene rings is 2. The molecule has 0 saturated heterocycles. The second-order valence-corrected chi connectivity index (χ2v) is 6.03. The summed E-state index contributed by atoms with van der Waals surface area (Å²) in [5, 5.41) is 0. The lowest BCUT2D eigenvalue weighted by Gasteiger charge is -2.24. The van der Waals surface area contributed by atoms with Gasteiger partial charge in [-0.2, -0.15) is 0 Å². The lowest BCUT2D eigenvalue weighted by molar-refractivity contribution is -0.126. The molecule has 0 bridgehead atoms. The van der Waals surface area contributed by atoms with Gasteiger partial charge in [0.1, 0.15) is 5.82 Å². The molecule has 0 aliphatic carbocycles. The van der Waals surface area contributed by atoms with Crippen molar-refractivity contribution < 1.29 is 14.0 Å². The van der Waals surface area contributed by atoms with Gasteiger partial charge in [0.15, 0.2) is 0 Å². The second kappa shape index (κ2) is 8.39. The molecule has 0 fully saturated rings. The Labute approximate surface area is 146 Å². The lowest BCUT2D eigenvalue weighted by atomic mass is 10.1. The van der Waals surface area contributed by atoms with E-state index in [-0.39, 0.29) is 11.5 Å². The summed E-state index contributed by atoms with van der Waals surface area (Å²) in [5.41, 5.74) is 7.28. The van der Waals surface area contributed by atoms with Crippen molar-refractivity contribution in [1.82, 2.24) is 15.8 Å². The monoisotopic (exact) mass is 343 g/mol. The van der Waals surface area contributed by atoms with Crippen LogP contribution in [-0.2, 0) is 11.3 Å². The largest absolute Gasteiger partial charge is 0.291 e. The SMILES string of the molecule is Cc1ccc(CN(C)[C@H](C)C(=O)NNC(=O)c2ccc(F)cc2)cc1. The summed E-state index contributed by atoms with van der Waals surface area (Å²) in [6, 6.07) is 12.7. The Morgan fingerprint density at radius 3 is 2.24 bits per heavy atom. The fourth-order valence-corrected chi connectivity index (χ4v) is 2.21. The molecule has 2 rings (SSSR count). The van der Waals surface area contributed by atoms with E-state index < -0.39 is 17.8 Å². The van der Waals surface area contributed by atoms with Crippen LogP contribution in [-0.4, -0.2) is 29.8 Å². The molecular formula is C19H22FN3O2. The number of aryl methyl sites for hydroxylation is 1. The number of hydrazine groups is 1. The molecule has 132 valence electrons. The topological polar surface area (TPSA) is 61.4 Å². The summed E-state index contributed by atoms with van der Waals surface area (Å²) in [6.07, 6.45) is 0. The maximum atomic E-state index is 12.9. The number of likely N-dealkylation sites (N-methyl/N-ethyl adjacent to an activating group) is 1. The standard InChI is InChI=1S/C19H22FN3O2/c1-13-4-6-15(7-5-13)12-23(3)14(2)18(24)21-22-19(25)16-8-10-17(20)11-9-16/h4-11,14H,12H2,1-3H3,(H,21,24)(H,22,25)/t14-/m1/s1. The number of nitrogens with zero attached hydrogens (tertiary/aromatic N) is 1. The predicted molar refractivity (Wildman–Crippen MR) is 94.1 cm³/mol. The van der Waals surface area contributed by atoms with E-state index in [9.17, 15) is 14.0 Å². The molecule has 0 saturated carbocycles. The van der Waals surface area contributed by atoms with Gasteiger partial charge in [-0.1, -0.05) is 29.8 Å². The molecule has 0 unspecified atom stereocenters. The van der Waals surface area contributed by atoms with Gasteiger partial charge in [0.25, 0.3) is 11.8 Å². The van der Waals surface area contributed by atoms with Gasteiger partial charge in [-0.15, -0.1) is 0 Å². The zero-order valence-corrected chi connectivity index (χ0v) is 14.5. The molecule has 0 aliphatic rings. The molecule has 2 aromatic rings. The van der Waals surface area contributed by atoms with Crippen LogP contribution < -0.4 is 10.9 Å². The zero-order valence-electron chi connectivity index (χ0n) is 14.5. The molecule has 25 heavy (non-hydrogen) atoms. The molecule has 6 heteroatoms. The van der Waals surface area contributed by atoms with Gasteiger partial charge >= 0.3 is 0 Å². The van der Waals surface area contributed by atoms with Crippen LogP contribution in [0, 0.1) is 12.7 Å². The summed E-state index contributed by atoms with van der Waals surface area (Å²) >= 11 is 0. The third-order valence-electron chi connectivity index (χ3n) is 4.00. The van der Waals surface area contributed by atoms with Crippen molar-refractivity contribution >= 4 is 11.8 Å². The summed E-state index contributed by atoms with van der Waals surface area (Å²) < 4.78 is 12.9. The van der Waals surface area contributed by atoms with Gasteiger partial charge in [0, 0.05) is 12.1 Å². The van der Waals surface area contributed by atoms with Gasteiger partial charge in [-0.05, 0) is 50.7 Å². The molecule has 0 aromatic heterocycles. The number of carbonyl (C=O) groups excluding carboxylic acids is 2. The summed E-state index contributed by atoms with van der Waals surface area (Å²) in [4.78, 5) is 26.0. The Morgan fingerprint density at radius 2 is 1.64 bits per heavy atom. The molecular weight excluding hydrogens is 321 g/mol. The highest BCUT2D eigenvalue weighted by molar-refractivity contribution is 5.95. The van der Waals surface area contributed by atoms with E-state index in [0.717, 1.165) is 5.56 Å². The fourth-order valence-electron chi connectivity index (χ4n) is 2.21. The van der Waals surface area contributed by atoms with Crippen LogP contribution in [0.5, 0.6) is 0 Å². The van der Waals surface area contributed by atoms with Crippen molar-refractivity contribution in [3.63, 3.8) is 0 Å². The van der Waals surface area contributed by atoms with Gasteiger partial charge in [0.2, 0.25) is 0 Å². The molecule has 2 amide bonds. The van der Waals surface area contributed by atoms with Gasteiger partial charge < -0.3 is 0 Å². The quantitative estimate of drug-likeness (QED) is 0.820. The number of carbonyl (C=O) groups is 2. The number of nitrogens with one attached hydrogen (secondary N) is 2. The van der Waals surface area contributed by atoms with E-state index >= 15 is 0 Å². The summed E-state index contributed by atoms with van der Waals surface area (Å²) in [6.45, 7) is 4.39. The van der Waals surface area contributed by atoms with Crippen molar-refractivity contribution in [3.05, 3.63) is 71.0 Å². The average Bonchev–Trinajstić information content (AvgIpc) is 2.61. The van der Waals surface area contributed by atoms with Gasteiger partial charge in [0.05, 0.1) is 6.04 Å². The molecule has 2 N–H and O–H groups in total. The first-order valence-corrected chi connectivity index (χ1v) is 7.98. The number of hydrogen-bond acceptors (Lipinski definition) is 3. The highest BCUT2D eigenvalue weighted by atomic mass is 19.1. The lowest BCUT2D eigenvalue weighted by Crippen LogP contribution is -2.50. The van der Waals surface area contributed by atoms with E-state index in [1.54, 1.807) is 6.92 Å². The van der Waals surface area contributed by atoms with E-state index in [0.29, 0.717) is 6.54 Å². The highest BCUT2D eigenvalue weighted by Gasteiger charge is 2.19. The minimum absolute atomic E-state index is 0.266. The number of halogens is 1. The van der Waals surface area contributed by atoms with E-state index in [1.165, 1.54) is 29.8 Å². The maximum Gasteiger partial charge on any atom is 0.269 e. The third kappa shape index (κ3) is 5.39. The number of amides is 2. The molecule has 0 heterocycles. The average molecular weight is 343 g/mol. The van der Waals surface area contributed by atoms with Crippen molar-refractivity contribution in [1.29, 1.82) is 0 Å². The Balaban J connectivity index is 1.85. The van der Waals surface area contributed by atoms with Crippen molar-refractivity contribution in [3.8, 4) is 0 Å². The first-order chi connectivity index (χ1) is 11.9. The second-order valence-electron chi connectivity index (χ2n) is 6.03. The number of rotatable bonds is 5. The van der Waals surface area contributed by atoms with Crippen molar-refractivity contribution in [2.24, 2.45) is 0 Å². The predicted octanol–water partition coefficient (Wildman–Crippen LogP) is 2.42. The minimum atomic E-state index is -0.498. The Hall–Kier alpha value is -2.73. The normalized spacial score (nSPS) is 11.9. The van der Waals surface area contributed by atoms with Crippen LogP contribution in [0.2, 0.25) is 0 Å². The molecule has 0 spiro atoms. The van der Waals surface area contributed by atoms with Crippen LogP contribution in [0.15, 0.2) is 48.5 Å².